The molecule has 0 amide bonds. The molecule has 26 valence electrons. The fraction of sp³-hybridized carbons (Fsp3) is 0. The Morgan fingerprint density at radius 1 is 1.14 bits per heavy atom. The summed E-state index contributed by atoms with van der Waals surface area (Å²) in [5.74, 6) is 0. The second-order valence-electron chi connectivity index (χ2n) is 0. The van der Waals surface area contributed by atoms with E-state index in [2.05, 4.69) is 0 Å². The fourth-order valence-electron chi connectivity index (χ4n) is 0. The van der Waals surface area contributed by atoms with Gasteiger partial charge in [-0.2, -0.15) is 0 Å². The monoisotopic (exact) mass is 350 g/mol. The van der Waals surface area contributed by atoms with Crippen LogP contribution in [0.15, 0.2) is 0 Å². The van der Waals surface area contributed by atoms with E-state index < -0.39 is 0 Å². The standard InChI is InChI=1S/Al.Ca.Li.Mg.Sr.Zn.Zr.10H/q;+2;+1;2*+2;;;;;;7*-1. The molecule has 0 unspecified atom stereocenters. The van der Waals surface area contributed by atoms with E-state index in [4.69, 9.17) is 0 Å². The average Bonchev–Trinajstić information content (AvgIpc) is 0. The predicted octanol–water partition coefficient (Wildman–Crippen LogP) is -4.54. The summed E-state index contributed by atoms with van der Waals surface area (Å²) in [5, 5.41) is 0. The van der Waals surface area contributed by atoms with Crippen LogP contribution < -0.4 is 18.9 Å². The van der Waals surface area contributed by atoms with Gasteiger partial charge in [0.2, 0.25) is 0 Å². The van der Waals surface area contributed by atoms with E-state index in [0.717, 1.165) is 0 Å². The molecule has 0 heterocycles. The minimum Gasteiger partial charge on any atom is -1.00 e. The van der Waals surface area contributed by atoms with E-state index in [1.54, 1.807) is 0 Å². The maximum absolute atomic E-state index is 0. The van der Waals surface area contributed by atoms with Gasteiger partial charge < -0.3 is 9.99 Å². The Labute approximate surface area is 193 Å². The molecular weight excluding hydrogens is 343 g/mol. The third-order valence-electron chi connectivity index (χ3n) is 0. The molecule has 0 fully saturated rings. The molecule has 0 saturated carbocycles. The Kier molecular flexibility index (Phi) is 293. The zero-order chi connectivity index (χ0) is 0. The molecule has 0 aromatic rings. The van der Waals surface area contributed by atoms with Crippen LogP contribution in [0.1, 0.15) is 9.99 Å². The normalized spacial score (nSPS) is 0. The Morgan fingerprint density at radius 2 is 1.14 bits per heavy atom. The predicted molar refractivity (Wildman–Crippen MR) is 35.0 cm³/mol. The van der Waals surface area contributed by atoms with Gasteiger partial charge in [0.05, 0.1) is 0 Å². The van der Waals surface area contributed by atoms with Crippen molar-refractivity contribution < 1.29 is 74.5 Å². The van der Waals surface area contributed by atoms with E-state index in [1.165, 1.54) is 0 Å². The molecule has 0 atom stereocenters. The first-order valence-corrected chi connectivity index (χ1v) is 0. The zero-order valence-electron chi connectivity index (χ0n) is 11.3. The molecule has 0 bridgehead atoms. The summed E-state index contributed by atoms with van der Waals surface area (Å²) in [6, 6.07) is 0. The quantitative estimate of drug-likeness (QED) is 0.385. The van der Waals surface area contributed by atoms with Gasteiger partial charge in [-0.15, -0.1) is 0 Å². The molecule has 0 rings (SSSR count). The van der Waals surface area contributed by atoms with Crippen LogP contribution in [0.3, 0.4) is 0 Å². The van der Waals surface area contributed by atoms with Gasteiger partial charge >= 0.3 is 125 Å². The van der Waals surface area contributed by atoms with Crippen LogP contribution >= 0.6 is 0 Å². The van der Waals surface area contributed by atoms with Crippen LogP contribution in [0.4, 0.5) is 0 Å². The zero-order valence-corrected chi connectivity index (χ0v) is 16.9. The van der Waals surface area contributed by atoms with Crippen LogP contribution in [0, 0.1) is 0 Å². The summed E-state index contributed by atoms with van der Waals surface area (Å²) in [4.78, 5) is 0. The fourth-order valence-corrected chi connectivity index (χ4v) is 0. The molecule has 0 aliphatic heterocycles. The Bertz CT molecular complexity index is 33.7. The molecular formula is H10AlCaLiMgSrZnZr. The maximum atomic E-state index is 0. The van der Waals surface area contributed by atoms with Crippen molar-refractivity contribution in [3.8, 4) is 0 Å². The second-order valence-corrected chi connectivity index (χ2v) is 0. The van der Waals surface area contributed by atoms with Gasteiger partial charge in [-0.3, -0.25) is 0 Å². The van der Waals surface area contributed by atoms with E-state index in [-0.39, 0.29) is 198 Å². The van der Waals surface area contributed by atoms with E-state index in [1.807, 2.05) is 0 Å². The molecule has 0 aromatic carbocycles. The van der Waals surface area contributed by atoms with Crippen molar-refractivity contribution in [3.05, 3.63) is 0 Å². The summed E-state index contributed by atoms with van der Waals surface area (Å²) >= 11 is 0. The molecule has 0 saturated heterocycles. The molecule has 7 heteroatoms. The molecule has 0 nitrogen and oxygen atoms in total. The minimum atomic E-state index is 0. The van der Waals surface area contributed by atoms with Crippen LogP contribution in [0.2, 0.25) is 0 Å². The van der Waals surface area contributed by atoms with Crippen LogP contribution in [-0.4, -0.2) is 124 Å². The molecule has 0 N–H and O–H groups in total. The third-order valence-corrected chi connectivity index (χ3v) is 0. The second kappa shape index (κ2) is 40.0. The molecule has 0 spiro atoms. The van der Waals surface area contributed by atoms with Gasteiger partial charge in [0.15, 0.2) is 17.4 Å². The minimum absolute atomic E-state index is 0. The van der Waals surface area contributed by atoms with Gasteiger partial charge in [-0.1, -0.05) is 0 Å². The van der Waals surface area contributed by atoms with Gasteiger partial charge in [0, 0.05) is 45.7 Å². The Morgan fingerprint density at radius 3 is 1.14 bits per heavy atom. The summed E-state index contributed by atoms with van der Waals surface area (Å²) in [7, 11) is 0. The van der Waals surface area contributed by atoms with Crippen molar-refractivity contribution in [2.75, 3.05) is 0 Å². The largest absolute Gasteiger partial charge is 2.00 e. The number of hydrogen-bond donors (Lipinski definition) is 0. The van der Waals surface area contributed by atoms with E-state index in [9.17, 15) is 0 Å². The van der Waals surface area contributed by atoms with E-state index >= 15 is 0 Å². The van der Waals surface area contributed by atoms with Crippen molar-refractivity contribution in [2.24, 2.45) is 0 Å². The van der Waals surface area contributed by atoms with Gasteiger partial charge in [0.25, 0.3) is 0 Å². The Balaban J connectivity index is 0. The summed E-state index contributed by atoms with van der Waals surface area (Å²) < 4.78 is 0. The van der Waals surface area contributed by atoms with Crippen molar-refractivity contribution >= 4 is 124 Å². The molecule has 0 radical (unpaired) electrons. The van der Waals surface area contributed by atoms with Crippen molar-refractivity contribution in [3.63, 3.8) is 0 Å². The maximum Gasteiger partial charge on any atom is 2.00 e. The van der Waals surface area contributed by atoms with Gasteiger partial charge in [0.1, 0.15) is 0 Å². The van der Waals surface area contributed by atoms with Crippen molar-refractivity contribution in [1.82, 2.24) is 0 Å². The molecule has 0 aliphatic carbocycles. The summed E-state index contributed by atoms with van der Waals surface area (Å²) in [5.41, 5.74) is 0. The third kappa shape index (κ3) is 33.1. The van der Waals surface area contributed by atoms with Gasteiger partial charge in [-0.05, 0) is 0 Å². The first kappa shape index (κ1) is 51.4. The molecule has 0 aromatic heterocycles. The average molecular weight is 353 g/mol. The molecule has 0 aliphatic rings. The summed E-state index contributed by atoms with van der Waals surface area (Å²) in [6.07, 6.45) is 0. The van der Waals surface area contributed by atoms with Crippen LogP contribution in [0.25, 0.3) is 0 Å². The summed E-state index contributed by atoms with van der Waals surface area (Å²) in [6.45, 7) is 0. The Hall–Kier alpha value is 6.14. The van der Waals surface area contributed by atoms with Crippen LogP contribution in [0.5, 0.6) is 0 Å². The first-order chi connectivity index (χ1) is 0. The smallest absolute Gasteiger partial charge is 1.00 e. The van der Waals surface area contributed by atoms with Crippen molar-refractivity contribution in [2.45, 2.75) is 0 Å². The van der Waals surface area contributed by atoms with Crippen LogP contribution in [-0.2, 0) is 45.7 Å². The van der Waals surface area contributed by atoms with Gasteiger partial charge in [-0.25, -0.2) is 0 Å². The first-order valence-electron chi connectivity index (χ1n) is 0. The number of rotatable bonds is 0. The van der Waals surface area contributed by atoms with E-state index in [0.29, 0.717) is 0 Å². The van der Waals surface area contributed by atoms with Crippen molar-refractivity contribution in [1.29, 1.82) is 0 Å². The topological polar surface area (TPSA) is 0 Å². The number of hydrogen-bond acceptors (Lipinski definition) is 0. The molecule has 7 heavy (non-hydrogen) atoms. The SMILES string of the molecule is [AlH3].[Ca+2].[H-].[H-].[H-].[H-].[H-].[H-].[H-].[Li+].[Mg+2].[Sr+2].[Zn].[Zr].